The molecule has 0 saturated heterocycles. The molecule has 0 unspecified atom stereocenters. The molecule has 0 bridgehead atoms. The molecule has 114 valence electrons. The van der Waals surface area contributed by atoms with Crippen LogP contribution in [0, 0.1) is 6.92 Å². The van der Waals surface area contributed by atoms with Gasteiger partial charge < -0.3 is 14.2 Å². The van der Waals surface area contributed by atoms with Crippen LogP contribution in [0.25, 0.3) is 0 Å². The Morgan fingerprint density at radius 3 is 2.52 bits per heavy atom. The van der Waals surface area contributed by atoms with E-state index >= 15 is 0 Å². The molecule has 0 radical (unpaired) electrons. The van der Waals surface area contributed by atoms with Crippen molar-refractivity contribution in [1.82, 2.24) is 10.2 Å². The molecular weight excluding hydrogens is 292 g/mol. The molecule has 5 heteroatoms. The molecule has 0 aliphatic carbocycles. The van der Waals surface area contributed by atoms with Crippen LogP contribution < -0.4 is 14.2 Å². The Balaban J connectivity index is 1.52. The van der Waals surface area contributed by atoms with Gasteiger partial charge in [0.15, 0.2) is 17.2 Å². The Kier molecular flexibility index (Phi) is 3.31. The van der Waals surface area contributed by atoms with E-state index in [4.69, 9.17) is 14.2 Å². The summed E-state index contributed by atoms with van der Waals surface area (Å²) < 4.78 is 17.2. The van der Waals surface area contributed by atoms with E-state index in [2.05, 4.69) is 10.2 Å². The fourth-order valence-electron chi connectivity index (χ4n) is 2.32. The van der Waals surface area contributed by atoms with Crippen LogP contribution in [0.4, 0.5) is 0 Å². The molecule has 0 saturated carbocycles. The highest BCUT2D eigenvalue weighted by Crippen LogP contribution is 2.43. The van der Waals surface area contributed by atoms with Gasteiger partial charge in [0.2, 0.25) is 0 Å². The van der Waals surface area contributed by atoms with Gasteiger partial charge in [-0.2, -0.15) is 0 Å². The smallest absolute Gasteiger partial charge is 0.282 e. The van der Waals surface area contributed by atoms with Crippen molar-refractivity contribution < 1.29 is 14.2 Å². The number of ether oxygens (including phenoxy) is 3. The molecule has 0 fully saturated rings. The number of para-hydroxylation sites is 2. The highest BCUT2D eigenvalue weighted by Gasteiger charge is 2.20. The SMILES string of the molecule is Cc1cccc(OCc2cc3c(nn2)Oc2ccccc2O3)c1. The minimum absolute atomic E-state index is 0.314. The second-order valence-corrected chi connectivity index (χ2v) is 5.26. The summed E-state index contributed by atoms with van der Waals surface area (Å²) in [6.07, 6.45) is 0. The lowest BCUT2D eigenvalue weighted by Crippen LogP contribution is -2.06. The van der Waals surface area contributed by atoms with Crippen molar-refractivity contribution in [2.24, 2.45) is 0 Å². The highest BCUT2D eigenvalue weighted by atomic mass is 16.6. The zero-order chi connectivity index (χ0) is 15.6. The van der Waals surface area contributed by atoms with Gasteiger partial charge in [0.1, 0.15) is 18.1 Å². The predicted octanol–water partition coefficient (Wildman–Crippen LogP) is 4.26. The van der Waals surface area contributed by atoms with Gasteiger partial charge >= 0.3 is 0 Å². The first-order chi connectivity index (χ1) is 11.3. The molecule has 1 aliphatic rings. The zero-order valence-corrected chi connectivity index (χ0v) is 12.5. The van der Waals surface area contributed by atoms with Crippen LogP contribution in [-0.4, -0.2) is 10.2 Å². The van der Waals surface area contributed by atoms with Crippen molar-refractivity contribution in [3.8, 4) is 28.9 Å². The fraction of sp³-hybridized carbons (Fsp3) is 0.111. The number of fused-ring (bicyclic) bond motifs is 2. The van der Waals surface area contributed by atoms with Crippen LogP contribution >= 0.6 is 0 Å². The standard InChI is InChI=1S/C18H14N2O3/c1-12-5-4-6-14(9-12)21-11-13-10-17-18(20-19-13)23-16-8-3-2-7-15(16)22-17/h2-10H,11H2,1H3. The van der Waals surface area contributed by atoms with Gasteiger partial charge in [0.05, 0.1) is 0 Å². The van der Waals surface area contributed by atoms with Gasteiger partial charge in [-0.1, -0.05) is 24.3 Å². The van der Waals surface area contributed by atoms with E-state index in [9.17, 15) is 0 Å². The molecule has 23 heavy (non-hydrogen) atoms. The predicted molar refractivity (Wildman–Crippen MR) is 84.1 cm³/mol. The van der Waals surface area contributed by atoms with Crippen LogP contribution in [0.1, 0.15) is 11.3 Å². The van der Waals surface area contributed by atoms with Gasteiger partial charge in [-0.05, 0) is 36.8 Å². The summed E-state index contributed by atoms with van der Waals surface area (Å²) >= 11 is 0. The van der Waals surface area contributed by atoms with E-state index in [0.29, 0.717) is 35.4 Å². The molecule has 4 rings (SSSR count). The third-order valence-corrected chi connectivity index (χ3v) is 3.43. The molecule has 0 atom stereocenters. The van der Waals surface area contributed by atoms with E-state index in [-0.39, 0.29) is 0 Å². The zero-order valence-electron chi connectivity index (χ0n) is 12.5. The summed E-state index contributed by atoms with van der Waals surface area (Å²) in [6, 6.07) is 17.1. The quantitative estimate of drug-likeness (QED) is 0.566. The number of hydrogen-bond donors (Lipinski definition) is 0. The average Bonchev–Trinajstić information content (AvgIpc) is 2.58. The summed E-state index contributed by atoms with van der Waals surface area (Å²) in [6.45, 7) is 2.34. The minimum Gasteiger partial charge on any atom is -0.487 e. The first-order valence-electron chi connectivity index (χ1n) is 7.29. The summed E-state index contributed by atoms with van der Waals surface area (Å²) in [5.41, 5.74) is 1.82. The Hall–Kier alpha value is -3.08. The van der Waals surface area contributed by atoms with Gasteiger partial charge in [0.25, 0.3) is 5.88 Å². The van der Waals surface area contributed by atoms with Crippen molar-refractivity contribution in [3.63, 3.8) is 0 Å². The van der Waals surface area contributed by atoms with Crippen LogP contribution in [0.5, 0.6) is 28.9 Å². The molecule has 0 amide bonds. The first-order valence-corrected chi connectivity index (χ1v) is 7.29. The molecule has 3 aromatic rings. The summed E-state index contributed by atoms with van der Waals surface area (Å²) in [7, 11) is 0. The number of benzene rings is 2. The van der Waals surface area contributed by atoms with Crippen molar-refractivity contribution >= 4 is 0 Å². The summed E-state index contributed by atoms with van der Waals surface area (Å²) in [5.74, 6) is 3.01. The maximum atomic E-state index is 5.81. The summed E-state index contributed by atoms with van der Waals surface area (Å²) in [5, 5.41) is 8.19. The first kappa shape index (κ1) is 13.6. The second kappa shape index (κ2) is 5.61. The van der Waals surface area contributed by atoms with Crippen LogP contribution in [0.2, 0.25) is 0 Å². The molecular formula is C18H14N2O3. The third-order valence-electron chi connectivity index (χ3n) is 3.43. The van der Waals surface area contributed by atoms with Crippen molar-refractivity contribution in [3.05, 3.63) is 65.9 Å². The largest absolute Gasteiger partial charge is 0.487 e. The molecule has 1 aliphatic heterocycles. The number of nitrogens with zero attached hydrogens (tertiary/aromatic N) is 2. The van der Waals surface area contributed by atoms with Crippen LogP contribution in [0.3, 0.4) is 0 Å². The number of hydrogen-bond acceptors (Lipinski definition) is 5. The third kappa shape index (κ3) is 2.81. The topological polar surface area (TPSA) is 53.5 Å². The molecule has 0 spiro atoms. The second-order valence-electron chi connectivity index (χ2n) is 5.26. The maximum Gasteiger partial charge on any atom is 0.282 e. The number of rotatable bonds is 3. The maximum absolute atomic E-state index is 5.81. The van der Waals surface area contributed by atoms with Crippen molar-refractivity contribution in [2.75, 3.05) is 0 Å². The van der Waals surface area contributed by atoms with Gasteiger partial charge in [-0.15, -0.1) is 10.2 Å². The Morgan fingerprint density at radius 1 is 0.870 bits per heavy atom. The minimum atomic E-state index is 0.314. The Morgan fingerprint density at radius 2 is 1.70 bits per heavy atom. The average molecular weight is 306 g/mol. The lowest BCUT2D eigenvalue weighted by atomic mass is 10.2. The van der Waals surface area contributed by atoms with E-state index in [0.717, 1.165) is 11.3 Å². The molecule has 1 aromatic heterocycles. The van der Waals surface area contributed by atoms with Gasteiger partial charge in [0, 0.05) is 6.07 Å². The van der Waals surface area contributed by atoms with Gasteiger partial charge in [-0.25, -0.2) is 0 Å². The Labute approximate surface area is 133 Å². The van der Waals surface area contributed by atoms with Crippen LogP contribution in [0.15, 0.2) is 54.6 Å². The lowest BCUT2D eigenvalue weighted by Gasteiger charge is -2.19. The lowest BCUT2D eigenvalue weighted by molar-refractivity contribution is 0.293. The molecule has 0 N–H and O–H groups in total. The summed E-state index contributed by atoms with van der Waals surface area (Å²) in [4.78, 5) is 0. The highest BCUT2D eigenvalue weighted by molar-refractivity contribution is 5.51. The van der Waals surface area contributed by atoms with E-state index in [1.807, 2.05) is 55.5 Å². The van der Waals surface area contributed by atoms with E-state index in [1.165, 1.54) is 0 Å². The molecule has 5 nitrogen and oxygen atoms in total. The van der Waals surface area contributed by atoms with E-state index < -0.39 is 0 Å². The van der Waals surface area contributed by atoms with Gasteiger partial charge in [-0.3, -0.25) is 0 Å². The Bertz CT molecular complexity index is 864. The fourth-order valence-corrected chi connectivity index (χ4v) is 2.32. The normalized spacial score (nSPS) is 11.7. The van der Waals surface area contributed by atoms with Crippen molar-refractivity contribution in [2.45, 2.75) is 13.5 Å². The van der Waals surface area contributed by atoms with Crippen LogP contribution in [-0.2, 0) is 6.61 Å². The number of aryl methyl sites for hydroxylation is 1. The number of aromatic nitrogens is 2. The monoisotopic (exact) mass is 306 g/mol. The van der Waals surface area contributed by atoms with Crippen molar-refractivity contribution in [1.29, 1.82) is 0 Å². The molecule has 2 heterocycles. The van der Waals surface area contributed by atoms with E-state index in [1.54, 1.807) is 6.07 Å². The molecule has 2 aromatic carbocycles.